The van der Waals surface area contributed by atoms with Crippen molar-refractivity contribution in [2.75, 3.05) is 5.73 Å². The van der Waals surface area contributed by atoms with Crippen molar-refractivity contribution in [3.63, 3.8) is 0 Å². The lowest BCUT2D eigenvalue weighted by Gasteiger charge is -2.01. The molecule has 3 rings (SSSR count). The second-order valence-electron chi connectivity index (χ2n) is 3.93. The lowest BCUT2D eigenvalue weighted by molar-refractivity contribution is 1.20. The van der Waals surface area contributed by atoms with Gasteiger partial charge in [0.05, 0.1) is 11.6 Å². The summed E-state index contributed by atoms with van der Waals surface area (Å²) >= 11 is 0. The van der Waals surface area contributed by atoms with Crippen LogP contribution in [0.3, 0.4) is 0 Å². The highest BCUT2D eigenvalue weighted by molar-refractivity contribution is 5.78. The van der Waals surface area contributed by atoms with Crippen LogP contribution in [0.5, 0.6) is 0 Å². The Kier molecular flexibility index (Phi) is 2.24. The van der Waals surface area contributed by atoms with Gasteiger partial charge in [-0.3, -0.25) is 4.40 Å². The number of nitrogens with two attached hydrogens (primary N) is 1. The SMILES string of the molecule is N#Cc1ccccc1-c1nc2ccccn2c1N. The number of fused-ring (bicyclic) bond motifs is 1. The largest absolute Gasteiger partial charge is 0.383 e. The quantitative estimate of drug-likeness (QED) is 0.703. The minimum absolute atomic E-state index is 0.549. The van der Waals surface area contributed by atoms with E-state index >= 15 is 0 Å². The summed E-state index contributed by atoms with van der Waals surface area (Å²) < 4.78 is 1.81. The predicted molar refractivity (Wildman–Crippen MR) is 69.8 cm³/mol. The van der Waals surface area contributed by atoms with E-state index in [1.54, 1.807) is 6.07 Å². The summed E-state index contributed by atoms with van der Waals surface area (Å²) in [6.45, 7) is 0. The van der Waals surface area contributed by atoms with Gasteiger partial charge in [0, 0.05) is 11.8 Å². The Bertz CT molecular complexity index is 765. The van der Waals surface area contributed by atoms with Gasteiger partial charge in [-0.15, -0.1) is 0 Å². The van der Waals surface area contributed by atoms with Gasteiger partial charge in [0.25, 0.3) is 0 Å². The van der Waals surface area contributed by atoms with Gasteiger partial charge >= 0.3 is 0 Å². The normalized spacial score (nSPS) is 10.4. The highest BCUT2D eigenvalue weighted by atomic mass is 15.1. The van der Waals surface area contributed by atoms with Crippen LogP contribution in [0.1, 0.15) is 5.56 Å². The molecule has 0 saturated heterocycles. The van der Waals surface area contributed by atoms with Crippen molar-refractivity contribution in [2.24, 2.45) is 0 Å². The van der Waals surface area contributed by atoms with Crippen LogP contribution in [0, 0.1) is 11.3 Å². The van der Waals surface area contributed by atoms with E-state index in [2.05, 4.69) is 11.1 Å². The van der Waals surface area contributed by atoms with E-state index in [-0.39, 0.29) is 0 Å². The highest BCUT2D eigenvalue weighted by Gasteiger charge is 2.13. The molecule has 2 N–H and O–H groups in total. The number of aromatic nitrogens is 2. The molecule has 0 atom stereocenters. The van der Waals surface area contributed by atoms with Crippen molar-refractivity contribution in [3.05, 3.63) is 54.2 Å². The number of nitrogen functional groups attached to an aromatic ring is 1. The average Bonchev–Trinajstić information content (AvgIpc) is 2.76. The smallest absolute Gasteiger partial charge is 0.139 e. The molecule has 0 saturated carbocycles. The third-order valence-electron chi connectivity index (χ3n) is 2.87. The van der Waals surface area contributed by atoms with Crippen LogP contribution >= 0.6 is 0 Å². The number of nitrogens with zero attached hydrogens (tertiary/aromatic N) is 3. The third kappa shape index (κ3) is 1.42. The maximum atomic E-state index is 9.12. The molecule has 1 aromatic carbocycles. The fourth-order valence-electron chi connectivity index (χ4n) is 2.00. The summed E-state index contributed by atoms with van der Waals surface area (Å²) in [6.07, 6.45) is 1.86. The van der Waals surface area contributed by atoms with Crippen molar-refractivity contribution in [1.82, 2.24) is 9.38 Å². The third-order valence-corrected chi connectivity index (χ3v) is 2.87. The molecule has 2 aromatic heterocycles. The highest BCUT2D eigenvalue weighted by Crippen LogP contribution is 2.28. The Balaban J connectivity index is 2.33. The molecule has 2 heterocycles. The van der Waals surface area contributed by atoms with E-state index in [4.69, 9.17) is 11.0 Å². The molecule has 4 heteroatoms. The van der Waals surface area contributed by atoms with Crippen molar-refractivity contribution in [2.45, 2.75) is 0 Å². The van der Waals surface area contributed by atoms with Gasteiger partial charge in [0.15, 0.2) is 0 Å². The summed E-state index contributed by atoms with van der Waals surface area (Å²) in [5.74, 6) is 0.549. The van der Waals surface area contributed by atoms with Crippen LogP contribution < -0.4 is 5.73 Å². The molecule has 0 aliphatic rings. The zero-order chi connectivity index (χ0) is 12.5. The van der Waals surface area contributed by atoms with E-state index in [0.29, 0.717) is 17.1 Å². The first-order valence-corrected chi connectivity index (χ1v) is 5.53. The Morgan fingerprint density at radius 2 is 1.89 bits per heavy atom. The Labute approximate surface area is 104 Å². The number of pyridine rings is 1. The van der Waals surface area contributed by atoms with Gasteiger partial charge in [-0.1, -0.05) is 24.3 Å². The molecule has 3 aromatic rings. The van der Waals surface area contributed by atoms with Crippen LogP contribution in [-0.4, -0.2) is 9.38 Å². The second-order valence-corrected chi connectivity index (χ2v) is 3.93. The van der Waals surface area contributed by atoms with Crippen LogP contribution in [-0.2, 0) is 0 Å². The van der Waals surface area contributed by atoms with Gasteiger partial charge in [0.1, 0.15) is 17.2 Å². The maximum absolute atomic E-state index is 9.12. The zero-order valence-electron chi connectivity index (χ0n) is 9.54. The van der Waals surface area contributed by atoms with Gasteiger partial charge in [0.2, 0.25) is 0 Å². The predicted octanol–water partition coefficient (Wildman–Crippen LogP) is 2.46. The molecular weight excluding hydrogens is 224 g/mol. The molecule has 0 aliphatic heterocycles. The summed E-state index contributed by atoms with van der Waals surface area (Å²) in [5.41, 5.74) is 8.85. The number of hydrogen-bond donors (Lipinski definition) is 1. The van der Waals surface area contributed by atoms with Gasteiger partial charge in [-0.05, 0) is 18.2 Å². The van der Waals surface area contributed by atoms with Crippen molar-refractivity contribution < 1.29 is 0 Å². The van der Waals surface area contributed by atoms with E-state index in [1.165, 1.54) is 0 Å². The summed E-state index contributed by atoms with van der Waals surface area (Å²) in [6, 6.07) is 15.2. The summed E-state index contributed by atoms with van der Waals surface area (Å²) in [7, 11) is 0. The molecule has 4 nitrogen and oxygen atoms in total. The van der Waals surface area contributed by atoms with Crippen LogP contribution in [0.25, 0.3) is 16.9 Å². The lowest BCUT2D eigenvalue weighted by Crippen LogP contribution is -1.94. The Morgan fingerprint density at radius 1 is 1.11 bits per heavy atom. The van der Waals surface area contributed by atoms with Gasteiger partial charge in [-0.2, -0.15) is 5.26 Å². The lowest BCUT2D eigenvalue weighted by atomic mass is 10.1. The molecule has 0 aliphatic carbocycles. The van der Waals surface area contributed by atoms with E-state index in [0.717, 1.165) is 11.2 Å². The summed E-state index contributed by atoms with van der Waals surface area (Å²) in [4.78, 5) is 4.48. The van der Waals surface area contributed by atoms with E-state index < -0.39 is 0 Å². The molecule has 0 radical (unpaired) electrons. The average molecular weight is 234 g/mol. The molecule has 0 amide bonds. The number of nitriles is 1. The van der Waals surface area contributed by atoms with E-state index in [9.17, 15) is 0 Å². The minimum atomic E-state index is 0.549. The number of rotatable bonds is 1. The standard InChI is InChI=1S/C14H10N4/c15-9-10-5-1-2-6-11(10)13-14(16)18-8-4-3-7-12(18)17-13/h1-8H,16H2. The molecular formula is C14H10N4. The second kappa shape index (κ2) is 3.90. The first kappa shape index (κ1) is 10.4. The van der Waals surface area contributed by atoms with Crippen molar-refractivity contribution in [1.29, 1.82) is 5.26 Å². The van der Waals surface area contributed by atoms with E-state index in [1.807, 2.05) is 47.0 Å². The van der Waals surface area contributed by atoms with Crippen molar-refractivity contribution >= 4 is 11.5 Å². The molecule has 0 fully saturated rings. The molecule has 0 spiro atoms. The first-order chi connectivity index (χ1) is 8.81. The topological polar surface area (TPSA) is 67.1 Å². The minimum Gasteiger partial charge on any atom is -0.383 e. The van der Waals surface area contributed by atoms with Crippen LogP contribution in [0.2, 0.25) is 0 Å². The zero-order valence-corrected chi connectivity index (χ0v) is 9.54. The number of anilines is 1. The maximum Gasteiger partial charge on any atom is 0.139 e. The molecule has 0 unspecified atom stereocenters. The van der Waals surface area contributed by atoms with Crippen LogP contribution in [0.15, 0.2) is 48.7 Å². The Morgan fingerprint density at radius 3 is 2.67 bits per heavy atom. The number of benzene rings is 1. The fourth-order valence-corrected chi connectivity index (χ4v) is 2.00. The number of hydrogen-bond acceptors (Lipinski definition) is 3. The first-order valence-electron chi connectivity index (χ1n) is 5.53. The van der Waals surface area contributed by atoms with Crippen LogP contribution in [0.4, 0.5) is 5.82 Å². The summed E-state index contributed by atoms with van der Waals surface area (Å²) in [5, 5.41) is 9.12. The Hall–Kier alpha value is -2.80. The molecule has 18 heavy (non-hydrogen) atoms. The fraction of sp³-hybridized carbons (Fsp3) is 0. The monoisotopic (exact) mass is 234 g/mol. The molecule has 86 valence electrons. The van der Waals surface area contributed by atoms with Gasteiger partial charge < -0.3 is 5.73 Å². The van der Waals surface area contributed by atoms with Crippen molar-refractivity contribution in [3.8, 4) is 17.3 Å². The molecule has 0 bridgehead atoms. The number of imidazole rings is 1. The van der Waals surface area contributed by atoms with Gasteiger partial charge in [-0.25, -0.2) is 4.98 Å².